The number of hydrogen-bond acceptors (Lipinski definition) is 1. The Labute approximate surface area is 47.6 Å². The highest BCUT2D eigenvalue weighted by Crippen LogP contribution is 2.25. The number of hydrogen-bond donors (Lipinski definition) is 1. The van der Waals surface area contributed by atoms with Gasteiger partial charge < -0.3 is 5.11 Å². The van der Waals surface area contributed by atoms with E-state index < -0.39 is 0 Å². The van der Waals surface area contributed by atoms with Gasteiger partial charge >= 0.3 is 0 Å². The zero-order chi connectivity index (χ0) is 5.28. The van der Waals surface area contributed by atoms with Crippen molar-refractivity contribution in [2.45, 2.75) is 19.3 Å². The van der Waals surface area contributed by atoms with Gasteiger partial charge in [0.25, 0.3) is 0 Å². The van der Waals surface area contributed by atoms with Gasteiger partial charge in [-0.3, -0.25) is 0 Å². The topological polar surface area (TPSA) is 20.2 Å². The van der Waals surface area contributed by atoms with E-state index in [2.05, 4.69) is 0 Å². The van der Waals surface area contributed by atoms with Crippen molar-refractivity contribution in [2.24, 2.45) is 0 Å². The van der Waals surface area contributed by atoms with Crippen LogP contribution in [0, 0.1) is 0 Å². The summed E-state index contributed by atoms with van der Waals surface area (Å²) >= 11 is 5.49. The highest BCUT2D eigenvalue weighted by molar-refractivity contribution is 6.29. The molecule has 7 heavy (non-hydrogen) atoms. The Morgan fingerprint density at radius 3 is 2.29 bits per heavy atom. The summed E-state index contributed by atoms with van der Waals surface area (Å²) < 4.78 is 0. The Hall–Kier alpha value is -0.170. The molecule has 0 heterocycles. The van der Waals surface area contributed by atoms with Crippen LogP contribution in [0.1, 0.15) is 19.3 Å². The van der Waals surface area contributed by atoms with Gasteiger partial charge in [0.2, 0.25) is 0 Å². The molecule has 0 bridgehead atoms. The summed E-state index contributed by atoms with van der Waals surface area (Å²) in [7, 11) is 0. The standard InChI is InChI=1S/C5H7ClO/c6-4-2-1-3-5(4)7/h7H,1-3H2. The van der Waals surface area contributed by atoms with E-state index in [0.29, 0.717) is 10.8 Å². The van der Waals surface area contributed by atoms with E-state index in [1.165, 1.54) is 0 Å². The van der Waals surface area contributed by atoms with Crippen LogP contribution in [-0.2, 0) is 0 Å². The fourth-order valence-electron chi connectivity index (χ4n) is 0.691. The molecule has 0 spiro atoms. The van der Waals surface area contributed by atoms with Crippen LogP contribution in [0.25, 0.3) is 0 Å². The van der Waals surface area contributed by atoms with Crippen LogP contribution in [0.3, 0.4) is 0 Å². The van der Waals surface area contributed by atoms with E-state index in [9.17, 15) is 0 Å². The molecule has 1 N–H and O–H groups in total. The van der Waals surface area contributed by atoms with E-state index in [4.69, 9.17) is 16.7 Å². The molecular formula is C5H7ClO. The first-order valence-corrected chi connectivity index (χ1v) is 2.75. The molecule has 0 saturated carbocycles. The number of aliphatic hydroxyl groups is 1. The molecule has 1 aliphatic carbocycles. The fourth-order valence-corrected chi connectivity index (χ4v) is 0.919. The zero-order valence-corrected chi connectivity index (χ0v) is 4.70. The van der Waals surface area contributed by atoms with Crippen molar-refractivity contribution >= 4 is 11.6 Å². The first-order valence-electron chi connectivity index (χ1n) is 2.37. The summed E-state index contributed by atoms with van der Waals surface area (Å²) in [6.45, 7) is 0. The molecular weight excluding hydrogens is 112 g/mol. The summed E-state index contributed by atoms with van der Waals surface area (Å²) in [4.78, 5) is 0. The van der Waals surface area contributed by atoms with Gasteiger partial charge in [0.15, 0.2) is 0 Å². The summed E-state index contributed by atoms with van der Waals surface area (Å²) in [5.41, 5.74) is 0. The summed E-state index contributed by atoms with van der Waals surface area (Å²) in [6, 6.07) is 0. The van der Waals surface area contributed by atoms with Crippen LogP contribution in [0.2, 0.25) is 0 Å². The van der Waals surface area contributed by atoms with Crippen molar-refractivity contribution in [2.75, 3.05) is 0 Å². The van der Waals surface area contributed by atoms with Gasteiger partial charge in [0, 0.05) is 6.42 Å². The van der Waals surface area contributed by atoms with E-state index in [-0.39, 0.29) is 0 Å². The SMILES string of the molecule is OC1=C(Cl)CCC1. The maximum Gasteiger partial charge on any atom is 0.107 e. The molecule has 0 saturated heterocycles. The average molecular weight is 119 g/mol. The van der Waals surface area contributed by atoms with E-state index in [1.54, 1.807) is 0 Å². The van der Waals surface area contributed by atoms with Crippen LogP contribution in [0.5, 0.6) is 0 Å². The highest BCUT2D eigenvalue weighted by Gasteiger charge is 2.09. The molecule has 0 amide bonds. The lowest BCUT2D eigenvalue weighted by molar-refractivity contribution is 0.396. The van der Waals surface area contributed by atoms with Gasteiger partial charge in [0.1, 0.15) is 5.76 Å². The molecule has 1 rings (SSSR count). The van der Waals surface area contributed by atoms with Crippen molar-refractivity contribution < 1.29 is 5.11 Å². The number of allylic oxidation sites excluding steroid dienone is 2. The zero-order valence-electron chi connectivity index (χ0n) is 3.95. The lowest BCUT2D eigenvalue weighted by Crippen LogP contribution is -1.69. The Bertz CT molecular complexity index is 94.6. The first-order chi connectivity index (χ1) is 3.30. The molecule has 1 nitrogen and oxygen atoms in total. The maximum absolute atomic E-state index is 8.75. The first kappa shape index (κ1) is 4.98. The molecule has 0 atom stereocenters. The molecule has 0 radical (unpaired) electrons. The second kappa shape index (κ2) is 1.74. The van der Waals surface area contributed by atoms with Crippen molar-refractivity contribution in [1.82, 2.24) is 0 Å². The van der Waals surface area contributed by atoms with Gasteiger partial charge in [-0.05, 0) is 12.8 Å². The van der Waals surface area contributed by atoms with Crippen LogP contribution in [-0.4, -0.2) is 5.11 Å². The smallest absolute Gasteiger partial charge is 0.107 e. The lowest BCUT2D eigenvalue weighted by Gasteiger charge is -1.84. The minimum Gasteiger partial charge on any atom is -0.511 e. The molecule has 0 aliphatic heterocycles. The van der Waals surface area contributed by atoms with Gasteiger partial charge in [-0.1, -0.05) is 11.6 Å². The third kappa shape index (κ3) is 0.885. The Morgan fingerprint density at radius 2 is 2.14 bits per heavy atom. The van der Waals surface area contributed by atoms with Gasteiger partial charge in [0.05, 0.1) is 5.03 Å². The van der Waals surface area contributed by atoms with Crippen molar-refractivity contribution in [1.29, 1.82) is 0 Å². The van der Waals surface area contributed by atoms with Crippen LogP contribution in [0.15, 0.2) is 10.8 Å². The molecule has 0 aromatic rings. The molecule has 1 aliphatic rings. The molecule has 0 unspecified atom stereocenters. The molecule has 0 fully saturated rings. The molecule has 2 heteroatoms. The van der Waals surface area contributed by atoms with Crippen LogP contribution < -0.4 is 0 Å². The largest absolute Gasteiger partial charge is 0.511 e. The number of halogens is 1. The average Bonchev–Trinajstić information content (AvgIpc) is 1.91. The van der Waals surface area contributed by atoms with Crippen molar-refractivity contribution in [3.63, 3.8) is 0 Å². The minimum atomic E-state index is 0.390. The number of aliphatic hydroxyl groups excluding tert-OH is 1. The highest BCUT2D eigenvalue weighted by atomic mass is 35.5. The second-order valence-corrected chi connectivity index (χ2v) is 2.16. The number of rotatable bonds is 0. The van der Waals surface area contributed by atoms with Crippen LogP contribution in [0.4, 0.5) is 0 Å². The molecule has 0 aromatic heterocycles. The second-order valence-electron chi connectivity index (χ2n) is 1.71. The minimum absolute atomic E-state index is 0.390. The summed E-state index contributed by atoms with van der Waals surface area (Å²) in [5.74, 6) is 0.390. The van der Waals surface area contributed by atoms with E-state index in [0.717, 1.165) is 19.3 Å². The predicted molar refractivity (Wildman–Crippen MR) is 29.4 cm³/mol. The predicted octanol–water partition coefficient (Wildman–Crippen LogP) is 2.18. The lowest BCUT2D eigenvalue weighted by atomic mass is 10.4. The Morgan fingerprint density at radius 1 is 1.43 bits per heavy atom. The summed E-state index contributed by atoms with van der Waals surface area (Å²) in [5, 5.41) is 9.40. The third-order valence-electron chi connectivity index (χ3n) is 1.12. The quantitative estimate of drug-likeness (QED) is 0.517. The maximum atomic E-state index is 8.75. The van der Waals surface area contributed by atoms with Crippen LogP contribution >= 0.6 is 11.6 Å². The van der Waals surface area contributed by atoms with E-state index >= 15 is 0 Å². The van der Waals surface area contributed by atoms with Crippen molar-refractivity contribution in [3.8, 4) is 0 Å². The summed E-state index contributed by atoms with van der Waals surface area (Å²) in [6.07, 6.45) is 2.66. The van der Waals surface area contributed by atoms with Gasteiger partial charge in [-0.25, -0.2) is 0 Å². The molecule has 40 valence electrons. The molecule has 0 aromatic carbocycles. The monoisotopic (exact) mass is 118 g/mol. The van der Waals surface area contributed by atoms with Crippen molar-refractivity contribution in [3.05, 3.63) is 10.8 Å². The third-order valence-corrected chi connectivity index (χ3v) is 1.53. The Balaban J connectivity index is 2.64. The Kier molecular flexibility index (Phi) is 1.24. The van der Waals surface area contributed by atoms with Gasteiger partial charge in [-0.15, -0.1) is 0 Å². The van der Waals surface area contributed by atoms with E-state index in [1.807, 2.05) is 0 Å². The normalized spacial score (nSPS) is 21.3. The fraction of sp³-hybridized carbons (Fsp3) is 0.600. The van der Waals surface area contributed by atoms with Gasteiger partial charge in [-0.2, -0.15) is 0 Å².